The van der Waals surface area contributed by atoms with Crippen LogP contribution in [0.2, 0.25) is 0 Å². The van der Waals surface area contributed by atoms with Gasteiger partial charge in [0.25, 0.3) is 0 Å². The third-order valence-electron chi connectivity index (χ3n) is 6.20. The number of nitrogens with zero attached hydrogens (tertiary/aromatic N) is 3. The van der Waals surface area contributed by atoms with E-state index in [9.17, 15) is 9.50 Å². The van der Waals surface area contributed by atoms with E-state index in [4.69, 9.17) is 0 Å². The number of halogens is 1. The van der Waals surface area contributed by atoms with Crippen LogP contribution >= 0.6 is 0 Å². The summed E-state index contributed by atoms with van der Waals surface area (Å²) in [5.41, 5.74) is 0.468. The van der Waals surface area contributed by atoms with Crippen molar-refractivity contribution in [2.45, 2.75) is 63.5 Å². The lowest BCUT2D eigenvalue weighted by atomic mass is 10.1. The molecule has 0 amide bonds. The topological polar surface area (TPSA) is 99.4 Å². The van der Waals surface area contributed by atoms with Gasteiger partial charge in [-0.1, -0.05) is 25.7 Å². The second kappa shape index (κ2) is 10.1. The molecule has 1 aromatic heterocycles. The van der Waals surface area contributed by atoms with E-state index in [-0.39, 0.29) is 5.75 Å². The highest BCUT2D eigenvalue weighted by molar-refractivity contribution is 5.57. The molecule has 1 saturated heterocycles. The minimum Gasteiger partial charge on any atom is -0.505 e. The zero-order chi connectivity index (χ0) is 21.6. The number of phenols is 1. The average molecular weight is 431 g/mol. The quantitative estimate of drug-likeness (QED) is 0.355. The van der Waals surface area contributed by atoms with E-state index in [2.05, 4.69) is 37.9 Å². The van der Waals surface area contributed by atoms with Crippen molar-refractivity contribution in [2.75, 3.05) is 36.1 Å². The minimum absolute atomic E-state index is 0.329. The molecule has 2 fully saturated rings. The summed E-state index contributed by atoms with van der Waals surface area (Å²) in [6.45, 7) is 2.24. The molecule has 0 unspecified atom stereocenters. The fourth-order valence-corrected chi connectivity index (χ4v) is 4.32. The molecular weight excluding hydrogens is 397 g/mol. The number of benzene rings is 1. The maximum atomic E-state index is 13.8. The van der Waals surface area contributed by atoms with Gasteiger partial charge in [0.2, 0.25) is 17.8 Å². The number of rotatable bonds is 6. The Morgan fingerprint density at radius 1 is 0.871 bits per heavy atom. The van der Waals surface area contributed by atoms with Crippen LogP contribution in [0.5, 0.6) is 5.75 Å². The summed E-state index contributed by atoms with van der Waals surface area (Å²) in [7, 11) is 2.22. The zero-order valence-electron chi connectivity index (χ0n) is 18.1. The highest BCUT2D eigenvalue weighted by atomic mass is 19.1. The van der Waals surface area contributed by atoms with Crippen molar-refractivity contribution >= 4 is 23.5 Å². The molecule has 9 heteroatoms. The van der Waals surface area contributed by atoms with Gasteiger partial charge in [0.15, 0.2) is 11.6 Å². The van der Waals surface area contributed by atoms with Gasteiger partial charge >= 0.3 is 0 Å². The fourth-order valence-electron chi connectivity index (χ4n) is 4.32. The maximum Gasteiger partial charge on any atom is 0.233 e. The Kier molecular flexibility index (Phi) is 7.01. The molecule has 1 aliphatic carbocycles. The Bertz CT molecular complexity index is 865. The van der Waals surface area contributed by atoms with Crippen molar-refractivity contribution in [1.29, 1.82) is 0 Å². The average Bonchev–Trinajstić information content (AvgIpc) is 3.01. The number of likely N-dealkylation sites (tertiary alicyclic amines) is 1. The van der Waals surface area contributed by atoms with Gasteiger partial charge in [-0.05, 0) is 25.0 Å². The molecule has 31 heavy (non-hydrogen) atoms. The second-order valence-corrected chi connectivity index (χ2v) is 8.81. The predicted molar refractivity (Wildman–Crippen MR) is 120 cm³/mol. The van der Waals surface area contributed by atoms with Gasteiger partial charge in [-0.3, -0.25) is 0 Å². The van der Waals surface area contributed by atoms with Crippen molar-refractivity contribution in [1.82, 2.24) is 15.0 Å². The van der Waals surface area contributed by atoms with Crippen LogP contribution in [0.15, 0.2) is 18.2 Å². The van der Waals surface area contributed by atoms with Gasteiger partial charge in [0.1, 0.15) is 0 Å². The number of phenolic OH excluding ortho intramolecular Hbond substituents is 1. The van der Waals surface area contributed by atoms with E-state index >= 15 is 0 Å². The number of nitrogens with one attached hydrogen (secondary N) is 4. The fraction of sp³-hybridized carbons (Fsp3) is 0.591. The van der Waals surface area contributed by atoms with Crippen LogP contribution in [0, 0.1) is 5.82 Å². The molecule has 2 aliphatic rings. The molecule has 5 N–H and O–H groups in total. The van der Waals surface area contributed by atoms with Crippen molar-refractivity contribution in [3.05, 3.63) is 24.0 Å². The van der Waals surface area contributed by atoms with Crippen LogP contribution in [0.3, 0.4) is 0 Å². The van der Waals surface area contributed by atoms with Gasteiger partial charge in [0.05, 0.1) is 20.1 Å². The first-order valence-electron chi connectivity index (χ1n) is 11.4. The number of hydrogen-bond donors (Lipinski definition) is 5. The molecule has 0 bridgehead atoms. The maximum absolute atomic E-state index is 13.8. The van der Waals surface area contributed by atoms with E-state index in [0.29, 0.717) is 35.6 Å². The molecule has 0 spiro atoms. The summed E-state index contributed by atoms with van der Waals surface area (Å²) in [5, 5.41) is 19.4. The van der Waals surface area contributed by atoms with Crippen LogP contribution in [-0.4, -0.2) is 52.3 Å². The SMILES string of the molecule is C[NH+]1CCC(Nc2nc(Nc3ccc(O)c(F)c3)nc(NC3CCCCCC3)n2)CC1. The van der Waals surface area contributed by atoms with Gasteiger partial charge < -0.3 is 26.0 Å². The van der Waals surface area contributed by atoms with Crippen LogP contribution in [-0.2, 0) is 0 Å². The number of quaternary nitrogens is 1. The molecule has 1 aromatic carbocycles. The van der Waals surface area contributed by atoms with E-state index in [0.717, 1.165) is 38.8 Å². The zero-order valence-corrected chi connectivity index (χ0v) is 18.1. The third-order valence-corrected chi connectivity index (χ3v) is 6.20. The van der Waals surface area contributed by atoms with Crippen molar-refractivity contribution < 1.29 is 14.4 Å². The Morgan fingerprint density at radius 3 is 2.06 bits per heavy atom. The first-order chi connectivity index (χ1) is 15.0. The molecule has 0 radical (unpaired) electrons. The number of anilines is 4. The number of hydrogen-bond acceptors (Lipinski definition) is 7. The molecule has 1 saturated carbocycles. The van der Waals surface area contributed by atoms with Crippen molar-refractivity contribution in [2.24, 2.45) is 0 Å². The molecule has 4 rings (SSSR count). The van der Waals surface area contributed by atoms with Crippen molar-refractivity contribution in [3.63, 3.8) is 0 Å². The summed E-state index contributed by atoms with van der Waals surface area (Å²) in [4.78, 5) is 15.2. The molecule has 0 atom stereocenters. The Balaban J connectivity index is 1.53. The summed E-state index contributed by atoms with van der Waals surface area (Å²) >= 11 is 0. The molecule has 168 valence electrons. The standard InChI is InChI=1S/C22H32FN7O/c1-30-12-10-16(11-13-30)25-21-27-20(24-15-6-4-2-3-5-7-15)28-22(29-21)26-17-8-9-19(31)18(23)14-17/h8-9,14-16,31H,2-7,10-13H2,1H3,(H3,24,25,26,27,28,29)/p+1. The summed E-state index contributed by atoms with van der Waals surface area (Å²) in [5.74, 6) is 0.325. The first-order valence-corrected chi connectivity index (χ1v) is 11.4. The Morgan fingerprint density at radius 2 is 1.45 bits per heavy atom. The Labute approximate surface area is 182 Å². The normalized spacial score (nSPS) is 22.5. The van der Waals surface area contributed by atoms with Gasteiger partial charge in [-0.2, -0.15) is 15.0 Å². The van der Waals surface area contributed by atoms with Gasteiger partial charge in [-0.15, -0.1) is 0 Å². The third kappa shape index (κ3) is 6.16. The van der Waals surface area contributed by atoms with Crippen LogP contribution in [0.1, 0.15) is 51.4 Å². The van der Waals surface area contributed by atoms with Gasteiger partial charge in [-0.25, -0.2) is 4.39 Å². The smallest absolute Gasteiger partial charge is 0.233 e. The second-order valence-electron chi connectivity index (χ2n) is 8.81. The summed E-state index contributed by atoms with van der Waals surface area (Å²) in [6.07, 6.45) is 9.33. The number of piperidine rings is 1. The summed E-state index contributed by atoms with van der Waals surface area (Å²) < 4.78 is 13.8. The summed E-state index contributed by atoms with van der Waals surface area (Å²) in [6, 6.07) is 4.81. The molecule has 8 nitrogen and oxygen atoms in total. The Hall–Kier alpha value is -2.68. The molecule has 2 heterocycles. The monoisotopic (exact) mass is 430 g/mol. The lowest BCUT2D eigenvalue weighted by molar-refractivity contribution is -0.884. The van der Waals surface area contributed by atoms with Crippen LogP contribution in [0.4, 0.5) is 27.9 Å². The highest BCUT2D eigenvalue weighted by Crippen LogP contribution is 2.24. The first kappa shape index (κ1) is 21.5. The van der Waals surface area contributed by atoms with Crippen LogP contribution < -0.4 is 20.9 Å². The lowest BCUT2D eigenvalue weighted by Crippen LogP contribution is -3.10. The minimum atomic E-state index is -0.692. The number of aromatic hydroxyl groups is 1. The molecular formula is C22H33FN7O+. The number of aromatic nitrogens is 3. The van der Waals surface area contributed by atoms with Gasteiger partial charge in [0, 0.05) is 36.7 Å². The van der Waals surface area contributed by atoms with E-state index in [1.807, 2.05) is 0 Å². The van der Waals surface area contributed by atoms with Crippen LogP contribution in [0.25, 0.3) is 0 Å². The lowest BCUT2D eigenvalue weighted by Gasteiger charge is -2.27. The van der Waals surface area contributed by atoms with E-state index in [1.54, 1.807) is 11.0 Å². The largest absolute Gasteiger partial charge is 0.505 e. The predicted octanol–water partition coefficient (Wildman–Crippen LogP) is 2.68. The highest BCUT2D eigenvalue weighted by Gasteiger charge is 2.21. The van der Waals surface area contributed by atoms with E-state index in [1.165, 1.54) is 37.8 Å². The van der Waals surface area contributed by atoms with E-state index < -0.39 is 5.82 Å². The molecule has 1 aliphatic heterocycles. The molecule has 2 aromatic rings. The van der Waals surface area contributed by atoms with Crippen molar-refractivity contribution in [3.8, 4) is 5.75 Å².